The van der Waals surface area contributed by atoms with Gasteiger partial charge in [0.25, 0.3) is 0 Å². The fourth-order valence-electron chi connectivity index (χ4n) is 2.58. The van der Waals surface area contributed by atoms with Gasteiger partial charge in [0, 0.05) is 45.4 Å². The lowest BCUT2D eigenvalue weighted by Gasteiger charge is -2.27. The zero-order chi connectivity index (χ0) is 13.5. The molecule has 0 radical (unpaired) electrons. The number of hydrogen-bond acceptors (Lipinski definition) is 4. The summed E-state index contributed by atoms with van der Waals surface area (Å²) in [6, 6.07) is 6.31. The Kier molecular flexibility index (Phi) is 5.63. The Bertz CT molecular complexity index is 390. The highest BCUT2D eigenvalue weighted by Gasteiger charge is 2.12. The molecule has 0 atom stereocenters. The van der Waals surface area contributed by atoms with Gasteiger partial charge < -0.3 is 19.7 Å². The van der Waals surface area contributed by atoms with E-state index in [1.54, 1.807) is 14.2 Å². The highest BCUT2D eigenvalue weighted by Crippen LogP contribution is 2.25. The Hall–Kier alpha value is -1.10. The van der Waals surface area contributed by atoms with E-state index in [0.717, 1.165) is 50.5 Å². The first-order valence-electron chi connectivity index (χ1n) is 6.92. The number of para-hydroxylation sites is 1. The minimum absolute atomic E-state index is 0.602. The number of rotatable bonds is 6. The SMILES string of the molecule is COCc1cccc(CCN2CCNCC2)c1OC. The van der Waals surface area contributed by atoms with Crippen molar-refractivity contribution >= 4 is 0 Å². The molecule has 1 N–H and O–H groups in total. The van der Waals surface area contributed by atoms with Crippen LogP contribution in [0.25, 0.3) is 0 Å². The molecular weight excluding hydrogens is 240 g/mol. The molecule has 1 aliphatic heterocycles. The minimum atomic E-state index is 0.602. The number of nitrogens with zero attached hydrogens (tertiary/aromatic N) is 1. The van der Waals surface area contributed by atoms with Crippen LogP contribution in [0.1, 0.15) is 11.1 Å². The van der Waals surface area contributed by atoms with Crippen LogP contribution in [-0.2, 0) is 17.8 Å². The van der Waals surface area contributed by atoms with E-state index in [0.29, 0.717) is 6.61 Å². The predicted octanol–water partition coefficient (Wildman–Crippen LogP) is 1.29. The molecule has 1 heterocycles. The molecule has 19 heavy (non-hydrogen) atoms. The Labute approximate surface area is 115 Å². The monoisotopic (exact) mass is 264 g/mol. The molecular formula is C15H24N2O2. The summed E-state index contributed by atoms with van der Waals surface area (Å²) in [5.41, 5.74) is 2.40. The standard InChI is InChI=1S/C15H24N2O2/c1-18-12-14-5-3-4-13(15(14)19-2)6-9-17-10-7-16-8-11-17/h3-5,16H,6-12H2,1-2H3. The third kappa shape index (κ3) is 3.93. The highest BCUT2D eigenvalue weighted by molar-refractivity contribution is 5.41. The fourth-order valence-corrected chi connectivity index (χ4v) is 2.58. The van der Waals surface area contributed by atoms with Gasteiger partial charge in [-0.2, -0.15) is 0 Å². The lowest BCUT2D eigenvalue weighted by Crippen LogP contribution is -2.44. The molecule has 106 valence electrons. The molecule has 4 heteroatoms. The number of nitrogens with one attached hydrogen (secondary N) is 1. The van der Waals surface area contributed by atoms with Crippen LogP contribution in [-0.4, -0.2) is 51.8 Å². The van der Waals surface area contributed by atoms with Gasteiger partial charge in [-0.3, -0.25) is 0 Å². The lowest BCUT2D eigenvalue weighted by molar-refractivity contribution is 0.181. The van der Waals surface area contributed by atoms with Crippen LogP contribution in [0, 0.1) is 0 Å². The Balaban J connectivity index is 2.00. The van der Waals surface area contributed by atoms with E-state index in [-0.39, 0.29) is 0 Å². The number of piperazine rings is 1. The second-order valence-electron chi connectivity index (χ2n) is 4.88. The Morgan fingerprint density at radius 1 is 1.16 bits per heavy atom. The highest BCUT2D eigenvalue weighted by atomic mass is 16.5. The summed E-state index contributed by atoms with van der Waals surface area (Å²) in [5.74, 6) is 0.986. The van der Waals surface area contributed by atoms with Crippen LogP contribution in [0.4, 0.5) is 0 Å². The van der Waals surface area contributed by atoms with E-state index < -0.39 is 0 Å². The number of hydrogen-bond donors (Lipinski definition) is 1. The molecule has 0 aromatic heterocycles. The molecule has 1 aliphatic rings. The van der Waals surface area contributed by atoms with E-state index in [1.807, 2.05) is 0 Å². The molecule has 1 saturated heterocycles. The maximum absolute atomic E-state index is 5.56. The van der Waals surface area contributed by atoms with Crippen molar-refractivity contribution in [3.63, 3.8) is 0 Å². The van der Waals surface area contributed by atoms with Crippen molar-refractivity contribution < 1.29 is 9.47 Å². The fraction of sp³-hybridized carbons (Fsp3) is 0.600. The summed E-state index contributed by atoms with van der Waals surface area (Å²) in [6.45, 7) is 6.17. The summed E-state index contributed by atoms with van der Waals surface area (Å²) in [4.78, 5) is 2.50. The van der Waals surface area contributed by atoms with Gasteiger partial charge in [-0.1, -0.05) is 18.2 Å². The molecule has 2 rings (SSSR count). The van der Waals surface area contributed by atoms with Gasteiger partial charge in [-0.05, 0) is 12.0 Å². The molecule has 0 saturated carbocycles. The zero-order valence-electron chi connectivity index (χ0n) is 11.9. The average molecular weight is 264 g/mol. The Morgan fingerprint density at radius 3 is 2.58 bits per heavy atom. The lowest BCUT2D eigenvalue weighted by atomic mass is 10.1. The van der Waals surface area contributed by atoms with Gasteiger partial charge in [0.15, 0.2) is 0 Å². The smallest absolute Gasteiger partial charge is 0.127 e. The van der Waals surface area contributed by atoms with Crippen LogP contribution >= 0.6 is 0 Å². The van der Waals surface area contributed by atoms with Crippen LogP contribution in [0.5, 0.6) is 5.75 Å². The summed E-state index contributed by atoms with van der Waals surface area (Å²) < 4.78 is 10.8. The molecule has 1 aromatic rings. The van der Waals surface area contributed by atoms with Gasteiger partial charge in [0.2, 0.25) is 0 Å². The Morgan fingerprint density at radius 2 is 1.89 bits per heavy atom. The van der Waals surface area contributed by atoms with Crippen molar-refractivity contribution in [2.75, 3.05) is 46.9 Å². The predicted molar refractivity (Wildman–Crippen MR) is 76.7 cm³/mol. The van der Waals surface area contributed by atoms with Crippen molar-refractivity contribution in [3.8, 4) is 5.75 Å². The summed E-state index contributed by atoms with van der Waals surface area (Å²) >= 11 is 0. The second kappa shape index (κ2) is 7.48. The van der Waals surface area contributed by atoms with E-state index in [2.05, 4.69) is 28.4 Å². The van der Waals surface area contributed by atoms with Crippen LogP contribution in [0.15, 0.2) is 18.2 Å². The molecule has 0 bridgehead atoms. The van der Waals surface area contributed by atoms with Crippen molar-refractivity contribution in [1.29, 1.82) is 0 Å². The molecule has 0 spiro atoms. The first-order valence-corrected chi connectivity index (χ1v) is 6.92. The van der Waals surface area contributed by atoms with Crippen LogP contribution in [0.3, 0.4) is 0 Å². The first kappa shape index (κ1) is 14.3. The third-order valence-corrected chi connectivity index (χ3v) is 3.59. The quantitative estimate of drug-likeness (QED) is 0.839. The normalized spacial score (nSPS) is 16.5. The van der Waals surface area contributed by atoms with Crippen LogP contribution < -0.4 is 10.1 Å². The summed E-state index contributed by atoms with van der Waals surface area (Å²) in [6.07, 6.45) is 1.03. The molecule has 0 amide bonds. The maximum atomic E-state index is 5.56. The van der Waals surface area contributed by atoms with Gasteiger partial charge in [0.05, 0.1) is 13.7 Å². The molecule has 1 fully saturated rings. The van der Waals surface area contributed by atoms with E-state index in [1.165, 1.54) is 5.56 Å². The maximum Gasteiger partial charge on any atom is 0.127 e. The van der Waals surface area contributed by atoms with Crippen molar-refractivity contribution in [3.05, 3.63) is 29.3 Å². The topological polar surface area (TPSA) is 33.7 Å². The zero-order valence-corrected chi connectivity index (χ0v) is 11.9. The molecule has 0 unspecified atom stereocenters. The minimum Gasteiger partial charge on any atom is -0.496 e. The van der Waals surface area contributed by atoms with Gasteiger partial charge >= 0.3 is 0 Å². The molecule has 0 aliphatic carbocycles. The van der Waals surface area contributed by atoms with Gasteiger partial charge in [-0.15, -0.1) is 0 Å². The van der Waals surface area contributed by atoms with Gasteiger partial charge in [0.1, 0.15) is 5.75 Å². The van der Waals surface area contributed by atoms with E-state index in [4.69, 9.17) is 9.47 Å². The van der Waals surface area contributed by atoms with E-state index >= 15 is 0 Å². The van der Waals surface area contributed by atoms with Gasteiger partial charge in [-0.25, -0.2) is 0 Å². The molecule has 4 nitrogen and oxygen atoms in total. The van der Waals surface area contributed by atoms with Crippen molar-refractivity contribution in [2.24, 2.45) is 0 Å². The molecule has 1 aromatic carbocycles. The number of methoxy groups -OCH3 is 2. The second-order valence-corrected chi connectivity index (χ2v) is 4.88. The van der Waals surface area contributed by atoms with E-state index in [9.17, 15) is 0 Å². The number of ether oxygens (including phenoxy) is 2. The average Bonchev–Trinajstić information content (AvgIpc) is 2.46. The number of benzene rings is 1. The van der Waals surface area contributed by atoms with Crippen molar-refractivity contribution in [1.82, 2.24) is 10.2 Å². The summed E-state index contributed by atoms with van der Waals surface area (Å²) in [5, 5.41) is 3.38. The van der Waals surface area contributed by atoms with Crippen molar-refractivity contribution in [2.45, 2.75) is 13.0 Å². The largest absolute Gasteiger partial charge is 0.496 e. The first-order chi connectivity index (χ1) is 9.35. The summed E-state index contributed by atoms with van der Waals surface area (Å²) in [7, 11) is 3.45. The van der Waals surface area contributed by atoms with Crippen LogP contribution in [0.2, 0.25) is 0 Å². The third-order valence-electron chi connectivity index (χ3n) is 3.59.